The van der Waals surface area contributed by atoms with Crippen LogP contribution in [0.2, 0.25) is 0 Å². The number of benzene rings is 1. The van der Waals surface area contributed by atoms with E-state index in [0.717, 1.165) is 37.5 Å². The van der Waals surface area contributed by atoms with E-state index in [2.05, 4.69) is 22.5 Å². The van der Waals surface area contributed by atoms with E-state index in [0.29, 0.717) is 19.0 Å². The number of guanidine groups is 1. The number of nitrogens with zero attached hydrogens (tertiary/aromatic N) is 1. The van der Waals surface area contributed by atoms with E-state index in [-0.39, 0.29) is 5.41 Å². The van der Waals surface area contributed by atoms with E-state index in [4.69, 9.17) is 4.74 Å². The molecule has 0 radical (unpaired) electrons. The Balaban J connectivity index is 1.93. The van der Waals surface area contributed by atoms with E-state index < -0.39 is 11.7 Å². The van der Waals surface area contributed by atoms with Crippen LogP contribution in [0.25, 0.3) is 0 Å². The summed E-state index contributed by atoms with van der Waals surface area (Å²) in [7, 11) is 0. The number of hydrogen-bond donors (Lipinski definition) is 2. The fourth-order valence-corrected chi connectivity index (χ4v) is 2.16. The van der Waals surface area contributed by atoms with E-state index in [9.17, 15) is 13.2 Å². The molecule has 0 bridgehead atoms. The topological polar surface area (TPSA) is 45.7 Å². The van der Waals surface area contributed by atoms with E-state index >= 15 is 0 Å². The number of hydrogen-bond acceptors (Lipinski definition) is 2. The summed E-state index contributed by atoms with van der Waals surface area (Å²) in [4.78, 5) is 4.41. The number of alkyl halides is 3. The third kappa shape index (κ3) is 5.13. The van der Waals surface area contributed by atoms with Crippen LogP contribution in [0.4, 0.5) is 13.2 Å². The molecule has 1 aromatic carbocycles. The molecule has 0 aliphatic carbocycles. The van der Waals surface area contributed by atoms with Crippen molar-refractivity contribution < 1.29 is 17.9 Å². The van der Waals surface area contributed by atoms with Crippen LogP contribution in [0.1, 0.15) is 25.0 Å². The zero-order chi connectivity index (χ0) is 16.9. The number of nitrogens with one attached hydrogen (secondary N) is 2. The van der Waals surface area contributed by atoms with Crippen LogP contribution < -0.4 is 10.6 Å². The Hall–Kier alpha value is -1.76. The lowest BCUT2D eigenvalue weighted by molar-refractivity contribution is -0.137. The minimum atomic E-state index is -4.31. The number of rotatable bonds is 5. The summed E-state index contributed by atoms with van der Waals surface area (Å²) >= 11 is 0. The lowest BCUT2D eigenvalue weighted by Crippen LogP contribution is -2.51. The van der Waals surface area contributed by atoms with E-state index in [1.54, 1.807) is 0 Å². The van der Waals surface area contributed by atoms with Crippen molar-refractivity contribution in [1.82, 2.24) is 10.6 Å². The third-order valence-corrected chi connectivity index (χ3v) is 3.63. The van der Waals surface area contributed by atoms with Crippen LogP contribution in [-0.2, 0) is 17.5 Å². The van der Waals surface area contributed by atoms with Gasteiger partial charge in [-0.3, -0.25) is 0 Å². The maximum absolute atomic E-state index is 12.5. The summed E-state index contributed by atoms with van der Waals surface area (Å²) in [5, 5.41) is 6.38. The Morgan fingerprint density at radius 2 is 1.87 bits per heavy atom. The Labute approximate surface area is 134 Å². The summed E-state index contributed by atoms with van der Waals surface area (Å²) in [5.74, 6) is 0.653. The second-order valence-corrected chi connectivity index (χ2v) is 6.05. The second-order valence-electron chi connectivity index (χ2n) is 6.05. The maximum Gasteiger partial charge on any atom is 0.416 e. The third-order valence-electron chi connectivity index (χ3n) is 3.63. The van der Waals surface area contributed by atoms with Gasteiger partial charge in [0.2, 0.25) is 0 Å². The molecule has 23 heavy (non-hydrogen) atoms. The van der Waals surface area contributed by atoms with Gasteiger partial charge in [-0.1, -0.05) is 19.1 Å². The lowest BCUT2D eigenvalue weighted by atomic mass is 9.89. The molecule has 1 fully saturated rings. The predicted octanol–water partition coefficient (Wildman–Crippen LogP) is 2.80. The first-order valence-electron chi connectivity index (χ1n) is 7.58. The van der Waals surface area contributed by atoms with Gasteiger partial charge in [0.15, 0.2) is 5.96 Å². The van der Waals surface area contributed by atoms with Gasteiger partial charge in [0.1, 0.15) is 0 Å². The summed E-state index contributed by atoms with van der Waals surface area (Å²) < 4.78 is 42.8. The molecule has 1 aliphatic heterocycles. The highest BCUT2D eigenvalue weighted by atomic mass is 19.4. The molecule has 1 heterocycles. The Morgan fingerprint density at radius 3 is 2.35 bits per heavy atom. The molecule has 0 unspecified atom stereocenters. The molecule has 1 saturated heterocycles. The number of halogens is 3. The van der Waals surface area contributed by atoms with Crippen molar-refractivity contribution in [3.05, 3.63) is 35.4 Å². The number of ether oxygens (including phenoxy) is 1. The summed E-state index contributed by atoms with van der Waals surface area (Å²) in [6.45, 7) is 7.31. The van der Waals surface area contributed by atoms with Crippen molar-refractivity contribution in [2.24, 2.45) is 10.4 Å². The van der Waals surface area contributed by atoms with E-state index in [1.165, 1.54) is 12.1 Å². The molecule has 128 valence electrons. The van der Waals surface area contributed by atoms with E-state index in [1.807, 2.05) is 6.92 Å². The lowest BCUT2D eigenvalue weighted by Gasteiger charge is -2.38. The predicted molar refractivity (Wildman–Crippen MR) is 83.2 cm³/mol. The molecule has 2 rings (SSSR count). The second kappa shape index (κ2) is 7.21. The van der Waals surface area contributed by atoms with Gasteiger partial charge in [-0.2, -0.15) is 13.2 Å². The van der Waals surface area contributed by atoms with Crippen molar-refractivity contribution in [1.29, 1.82) is 0 Å². The fraction of sp³-hybridized carbons (Fsp3) is 0.562. The molecule has 1 aliphatic rings. The molecule has 7 heteroatoms. The first-order valence-corrected chi connectivity index (χ1v) is 7.58. The average molecular weight is 329 g/mol. The van der Waals surface area contributed by atoms with Crippen LogP contribution in [0, 0.1) is 5.41 Å². The fourth-order valence-electron chi connectivity index (χ4n) is 2.16. The standard InChI is InChI=1S/C16H22F3N3O/c1-3-20-14(22-9-15(2)10-23-11-15)21-8-12-4-6-13(7-5-12)16(17,18)19/h4-7H,3,8-11H2,1-2H3,(H2,20,21,22). The van der Waals surface area contributed by atoms with Crippen molar-refractivity contribution in [3.63, 3.8) is 0 Å². The molecule has 2 N–H and O–H groups in total. The molecule has 0 atom stereocenters. The molecule has 0 aromatic heterocycles. The van der Waals surface area contributed by atoms with Crippen LogP contribution >= 0.6 is 0 Å². The van der Waals surface area contributed by atoms with Gasteiger partial charge in [-0.05, 0) is 24.6 Å². The van der Waals surface area contributed by atoms with Gasteiger partial charge < -0.3 is 15.4 Å². The summed E-state index contributed by atoms with van der Waals surface area (Å²) in [5.41, 5.74) is 0.200. The van der Waals surface area contributed by atoms with Gasteiger partial charge in [0, 0.05) is 18.5 Å². The zero-order valence-corrected chi connectivity index (χ0v) is 13.3. The van der Waals surface area contributed by atoms with Crippen molar-refractivity contribution in [2.75, 3.05) is 26.3 Å². The molecule has 4 nitrogen and oxygen atoms in total. The van der Waals surface area contributed by atoms with Crippen LogP contribution in [-0.4, -0.2) is 32.3 Å². The summed E-state index contributed by atoms with van der Waals surface area (Å²) in [6.07, 6.45) is -4.31. The zero-order valence-electron chi connectivity index (χ0n) is 13.3. The van der Waals surface area contributed by atoms with Crippen LogP contribution in [0.5, 0.6) is 0 Å². The van der Waals surface area contributed by atoms with Gasteiger partial charge in [0.05, 0.1) is 25.3 Å². The van der Waals surface area contributed by atoms with Gasteiger partial charge in [-0.15, -0.1) is 0 Å². The first-order chi connectivity index (χ1) is 10.8. The molecule has 0 amide bonds. The van der Waals surface area contributed by atoms with Crippen LogP contribution in [0.3, 0.4) is 0 Å². The highest BCUT2D eigenvalue weighted by molar-refractivity contribution is 5.79. The Bertz CT molecular complexity index is 536. The normalized spacial score (nSPS) is 17.5. The molecular formula is C16H22F3N3O. The SMILES string of the molecule is CCNC(=NCc1ccc(C(F)(F)F)cc1)NCC1(C)COC1. The smallest absolute Gasteiger partial charge is 0.380 e. The minimum absolute atomic E-state index is 0.116. The summed E-state index contributed by atoms with van der Waals surface area (Å²) in [6, 6.07) is 5.07. The van der Waals surface area contributed by atoms with Crippen molar-refractivity contribution in [3.8, 4) is 0 Å². The molecule has 0 saturated carbocycles. The minimum Gasteiger partial charge on any atom is -0.380 e. The van der Waals surface area contributed by atoms with Gasteiger partial charge in [-0.25, -0.2) is 4.99 Å². The maximum atomic E-state index is 12.5. The molecule has 1 aromatic rings. The van der Waals surface area contributed by atoms with Crippen LogP contribution in [0.15, 0.2) is 29.3 Å². The first kappa shape index (κ1) is 17.6. The van der Waals surface area contributed by atoms with Crippen molar-refractivity contribution in [2.45, 2.75) is 26.6 Å². The molecular weight excluding hydrogens is 307 g/mol. The monoisotopic (exact) mass is 329 g/mol. The highest BCUT2D eigenvalue weighted by Gasteiger charge is 2.33. The van der Waals surface area contributed by atoms with Gasteiger partial charge in [0.25, 0.3) is 0 Å². The Morgan fingerprint density at radius 1 is 1.22 bits per heavy atom. The van der Waals surface area contributed by atoms with Gasteiger partial charge >= 0.3 is 6.18 Å². The average Bonchev–Trinajstić information content (AvgIpc) is 2.47. The highest BCUT2D eigenvalue weighted by Crippen LogP contribution is 2.29. The molecule has 0 spiro atoms. The number of aliphatic imine (C=N–C) groups is 1. The quantitative estimate of drug-likeness (QED) is 0.645. The Kier molecular flexibility index (Phi) is 5.51. The largest absolute Gasteiger partial charge is 0.416 e. The van der Waals surface area contributed by atoms with Crippen molar-refractivity contribution >= 4 is 5.96 Å².